The lowest BCUT2D eigenvalue weighted by Crippen LogP contribution is -2.59. The van der Waals surface area contributed by atoms with Gasteiger partial charge in [0.25, 0.3) is 0 Å². The van der Waals surface area contributed by atoms with E-state index in [1.54, 1.807) is 24.3 Å². The Kier molecular flexibility index (Phi) is 5.52. The van der Waals surface area contributed by atoms with Crippen LogP contribution in [0.2, 0.25) is 0 Å². The van der Waals surface area contributed by atoms with Crippen LogP contribution in [-0.4, -0.2) is 76.3 Å². The SMILES string of the molecule is Nc1ncnc2c1ncn2[C@@H]1O[C@H](COS(=O)(=O)NC2(c3ccccc3)COC2)[C@@H](O)[C@H]1O. The van der Waals surface area contributed by atoms with Crippen LogP contribution in [0.3, 0.4) is 0 Å². The van der Waals surface area contributed by atoms with E-state index in [4.69, 9.17) is 19.4 Å². The van der Waals surface area contributed by atoms with Crippen LogP contribution >= 0.6 is 0 Å². The predicted octanol–water partition coefficient (Wildman–Crippen LogP) is -1.20. The molecule has 2 aliphatic heterocycles. The van der Waals surface area contributed by atoms with Crippen LogP contribution in [0.5, 0.6) is 0 Å². The van der Waals surface area contributed by atoms with Gasteiger partial charge in [0, 0.05) is 0 Å². The zero-order valence-electron chi connectivity index (χ0n) is 17.2. The van der Waals surface area contributed by atoms with Gasteiger partial charge in [0.05, 0.1) is 26.1 Å². The number of aliphatic hydroxyl groups excluding tert-OH is 2. The maximum Gasteiger partial charge on any atom is 0.336 e. The number of hydrogen-bond acceptors (Lipinski definition) is 11. The summed E-state index contributed by atoms with van der Waals surface area (Å²) in [4.78, 5) is 12.0. The Labute approximate surface area is 188 Å². The number of imidazole rings is 1. The summed E-state index contributed by atoms with van der Waals surface area (Å²) in [7, 11) is -4.25. The molecule has 0 saturated carbocycles. The van der Waals surface area contributed by atoms with E-state index < -0.39 is 47.0 Å². The van der Waals surface area contributed by atoms with Gasteiger partial charge < -0.3 is 25.4 Å². The van der Waals surface area contributed by atoms with Gasteiger partial charge in [0.2, 0.25) is 0 Å². The molecule has 0 bridgehead atoms. The lowest BCUT2D eigenvalue weighted by Gasteiger charge is -2.41. The summed E-state index contributed by atoms with van der Waals surface area (Å²) >= 11 is 0. The third-order valence-corrected chi connectivity index (χ3v) is 6.82. The number of hydrogen-bond donors (Lipinski definition) is 4. The second-order valence-corrected chi connectivity index (χ2v) is 9.26. The van der Waals surface area contributed by atoms with E-state index in [9.17, 15) is 18.6 Å². The fraction of sp³-hybridized carbons (Fsp3) is 0.421. The first-order valence-electron chi connectivity index (χ1n) is 10.1. The van der Waals surface area contributed by atoms with Crippen molar-refractivity contribution < 1.29 is 32.3 Å². The van der Waals surface area contributed by atoms with Crippen molar-refractivity contribution in [1.82, 2.24) is 24.2 Å². The first-order chi connectivity index (χ1) is 15.8. The van der Waals surface area contributed by atoms with Crippen molar-refractivity contribution >= 4 is 27.3 Å². The molecule has 3 aromatic rings. The van der Waals surface area contributed by atoms with Crippen LogP contribution in [0.4, 0.5) is 5.82 Å². The number of aliphatic hydroxyl groups is 2. The molecule has 2 aromatic heterocycles. The highest BCUT2D eigenvalue weighted by Crippen LogP contribution is 2.33. The molecule has 0 radical (unpaired) electrons. The number of nitrogen functional groups attached to an aromatic ring is 1. The van der Waals surface area contributed by atoms with Crippen molar-refractivity contribution in [1.29, 1.82) is 0 Å². The molecule has 1 aromatic carbocycles. The van der Waals surface area contributed by atoms with Crippen molar-refractivity contribution in [3.05, 3.63) is 48.5 Å². The number of nitrogens with one attached hydrogen (secondary N) is 1. The highest BCUT2D eigenvalue weighted by atomic mass is 32.2. The van der Waals surface area contributed by atoms with Crippen molar-refractivity contribution in [3.63, 3.8) is 0 Å². The van der Waals surface area contributed by atoms with E-state index >= 15 is 0 Å². The van der Waals surface area contributed by atoms with Gasteiger partial charge in [0.1, 0.15) is 35.7 Å². The Balaban J connectivity index is 1.28. The number of nitrogens with two attached hydrogens (primary N) is 1. The normalized spacial score (nSPS) is 27.0. The van der Waals surface area contributed by atoms with E-state index in [0.29, 0.717) is 11.2 Å². The molecule has 4 atom stereocenters. The van der Waals surface area contributed by atoms with Crippen molar-refractivity contribution in [2.75, 3.05) is 25.6 Å². The van der Waals surface area contributed by atoms with Gasteiger partial charge in [-0.3, -0.25) is 8.75 Å². The van der Waals surface area contributed by atoms with Crippen LogP contribution in [-0.2, 0) is 29.5 Å². The first-order valence-corrected chi connectivity index (χ1v) is 11.5. The van der Waals surface area contributed by atoms with Gasteiger partial charge >= 0.3 is 10.3 Å². The Morgan fingerprint density at radius 1 is 1.18 bits per heavy atom. The summed E-state index contributed by atoms with van der Waals surface area (Å²) in [5.41, 5.74) is 6.19. The van der Waals surface area contributed by atoms with Crippen LogP contribution in [0.1, 0.15) is 11.8 Å². The molecule has 0 aliphatic carbocycles. The fourth-order valence-electron chi connectivity index (χ4n) is 3.93. The molecule has 14 heteroatoms. The number of ether oxygens (including phenoxy) is 2. The summed E-state index contributed by atoms with van der Waals surface area (Å²) in [6, 6.07) is 9.01. The molecule has 5 N–H and O–H groups in total. The van der Waals surface area contributed by atoms with Gasteiger partial charge in [0.15, 0.2) is 17.7 Å². The quantitative estimate of drug-likeness (QED) is 0.320. The van der Waals surface area contributed by atoms with Crippen LogP contribution in [0, 0.1) is 0 Å². The minimum atomic E-state index is -4.25. The number of rotatable bonds is 7. The number of aromatic nitrogens is 4. The number of fused-ring (bicyclic) bond motifs is 1. The predicted molar refractivity (Wildman–Crippen MR) is 113 cm³/mol. The van der Waals surface area contributed by atoms with Gasteiger partial charge in [-0.25, -0.2) is 15.0 Å². The first kappa shape index (κ1) is 22.1. The molecule has 5 rings (SSSR count). The summed E-state index contributed by atoms with van der Waals surface area (Å²) in [5.74, 6) is 0.149. The molecule has 33 heavy (non-hydrogen) atoms. The highest BCUT2D eigenvalue weighted by molar-refractivity contribution is 7.84. The maximum absolute atomic E-state index is 12.6. The summed E-state index contributed by atoms with van der Waals surface area (Å²) in [6.45, 7) is -0.219. The molecular formula is C19H22N6O7S. The van der Waals surface area contributed by atoms with Crippen molar-refractivity contribution in [2.45, 2.75) is 30.1 Å². The summed E-state index contributed by atoms with van der Waals surface area (Å²) < 4.78 is 45.2. The Bertz CT molecular complexity index is 1250. The van der Waals surface area contributed by atoms with Gasteiger partial charge in [-0.1, -0.05) is 30.3 Å². The smallest absolute Gasteiger partial charge is 0.336 e. The molecule has 13 nitrogen and oxygen atoms in total. The lowest BCUT2D eigenvalue weighted by atomic mass is 9.89. The molecule has 4 heterocycles. The zero-order valence-corrected chi connectivity index (χ0v) is 18.0. The molecule has 0 spiro atoms. The summed E-state index contributed by atoms with van der Waals surface area (Å²) in [6.07, 6.45) is -2.45. The van der Waals surface area contributed by atoms with E-state index in [1.165, 1.54) is 17.2 Å². The second-order valence-electron chi connectivity index (χ2n) is 7.91. The molecule has 176 valence electrons. The topological polar surface area (TPSA) is 184 Å². The van der Waals surface area contributed by atoms with E-state index in [1.807, 2.05) is 6.07 Å². The van der Waals surface area contributed by atoms with Gasteiger partial charge in [-0.15, -0.1) is 0 Å². The second kappa shape index (κ2) is 8.25. The van der Waals surface area contributed by atoms with E-state index in [0.717, 1.165) is 5.56 Å². The standard InChI is InChI=1S/C19H22N6O7S/c20-16-13-17(22-9-21-16)25(10-23-13)18-15(27)14(26)12(32-18)6-31-33(28,29)24-19(7-30-8-19)11-4-2-1-3-5-11/h1-5,9-10,12,14-15,18,24,26-27H,6-8H2,(H2,20,21,22)/t12-,14-,15-,18-/m1/s1. The third-order valence-electron chi connectivity index (χ3n) is 5.73. The van der Waals surface area contributed by atoms with Crippen LogP contribution < -0.4 is 10.5 Å². The largest absolute Gasteiger partial charge is 0.387 e. The van der Waals surface area contributed by atoms with Crippen LogP contribution in [0.15, 0.2) is 43.0 Å². The number of benzene rings is 1. The minimum Gasteiger partial charge on any atom is -0.387 e. The average Bonchev–Trinajstić information content (AvgIpc) is 3.32. The highest BCUT2D eigenvalue weighted by Gasteiger charge is 2.47. The fourth-order valence-corrected chi connectivity index (χ4v) is 5.01. The molecule has 0 amide bonds. The van der Waals surface area contributed by atoms with Crippen LogP contribution in [0.25, 0.3) is 11.2 Å². The lowest BCUT2D eigenvalue weighted by molar-refractivity contribution is -0.0696. The monoisotopic (exact) mass is 478 g/mol. The van der Waals surface area contributed by atoms with Crippen molar-refractivity contribution in [2.24, 2.45) is 0 Å². The maximum atomic E-state index is 12.6. The van der Waals surface area contributed by atoms with E-state index in [2.05, 4.69) is 19.7 Å². The zero-order chi connectivity index (χ0) is 23.2. The molecule has 2 fully saturated rings. The number of nitrogens with zero attached hydrogens (tertiary/aromatic N) is 4. The Morgan fingerprint density at radius 3 is 2.64 bits per heavy atom. The number of anilines is 1. The van der Waals surface area contributed by atoms with E-state index in [-0.39, 0.29) is 19.0 Å². The van der Waals surface area contributed by atoms with Gasteiger partial charge in [-0.05, 0) is 5.56 Å². The third kappa shape index (κ3) is 3.95. The van der Waals surface area contributed by atoms with Crippen molar-refractivity contribution in [3.8, 4) is 0 Å². The molecule has 2 saturated heterocycles. The summed E-state index contributed by atoms with van der Waals surface area (Å²) in [5, 5.41) is 20.9. The average molecular weight is 478 g/mol. The Hall–Kier alpha value is -2.72. The minimum absolute atomic E-state index is 0.149. The molecular weight excluding hydrogens is 456 g/mol. The molecule has 0 unspecified atom stereocenters. The molecule has 2 aliphatic rings. The van der Waals surface area contributed by atoms with Gasteiger partial charge in [-0.2, -0.15) is 13.1 Å². The Morgan fingerprint density at radius 2 is 1.94 bits per heavy atom.